The lowest BCUT2D eigenvalue weighted by molar-refractivity contribution is -0.135. The highest BCUT2D eigenvalue weighted by molar-refractivity contribution is 6.01. The summed E-state index contributed by atoms with van der Waals surface area (Å²) in [5.41, 5.74) is 2.89. The number of aryl methyl sites for hydroxylation is 1. The van der Waals surface area contributed by atoms with Crippen molar-refractivity contribution in [3.05, 3.63) is 108 Å². The summed E-state index contributed by atoms with van der Waals surface area (Å²) in [6.07, 6.45) is 1.51. The molecule has 3 aromatic rings. The van der Waals surface area contributed by atoms with Crippen LogP contribution < -0.4 is 16.0 Å². The summed E-state index contributed by atoms with van der Waals surface area (Å²) in [6.45, 7) is 0.432. The van der Waals surface area contributed by atoms with Crippen molar-refractivity contribution in [1.29, 1.82) is 0 Å². The molecule has 3 aromatic carbocycles. The van der Waals surface area contributed by atoms with Crippen LogP contribution >= 0.6 is 0 Å². The predicted octanol–water partition coefficient (Wildman–Crippen LogP) is 4.72. The Bertz CT molecular complexity index is 1210. The number of alkyl carbamates (subject to hydrolysis) is 2. The van der Waals surface area contributed by atoms with Crippen LogP contribution in [0.5, 0.6) is 0 Å². The van der Waals surface area contributed by atoms with Gasteiger partial charge in [-0.3, -0.25) is 20.4 Å². The quantitative estimate of drug-likeness (QED) is 0.140. The van der Waals surface area contributed by atoms with Gasteiger partial charge in [0.15, 0.2) is 0 Å². The van der Waals surface area contributed by atoms with Crippen LogP contribution in [-0.2, 0) is 33.9 Å². The van der Waals surface area contributed by atoms with Crippen LogP contribution in [0.4, 0.5) is 9.59 Å². The summed E-state index contributed by atoms with van der Waals surface area (Å²) in [4.78, 5) is 41.3. The number of carbonyl (C=O) groups is 3. The molecule has 1 fully saturated rings. The molecular formula is C31H34N4O5. The molecule has 9 nitrogen and oxygen atoms in total. The molecule has 3 amide bonds. The van der Waals surface area contributed by atoms with Crippen LogP contribution in [0, 0.1) is 5.92 Å². The van der Waals surface area contributed by atoms with Gasteiger partial charge in [-0.25, -0.2) is 9.59 Å². The van der Waals surface area contributed by atoms with Gasteiger partial charge in [-0.15, -0.1) is 0 Å². The maximum Gasteiger partial charge on any atom is 0.414 e. The van der Waals surface area contributed by atoms with Gasteiger partial charge in [0.1, 0.15) is 13.2 Å². The average molecular weight is 543 g/mol. The molecule has 1 aliphatic rings. The third kappa shape index (κ3) is 9.27. The van der Waals surface area contributed by atoms with Gasteiger partial charge in [0.05, 0.1) is 5.92 Å². The van der Waals surface area contributed by atoms with Crippen LogP contribution in [0.3, 0.4) is 0 Å². The van der Waals surface area contributed by atoms with Gasteiger partial charge in [-0.2, -0.15) is 0 Å². The number of rotatable bonds is 11. The largest absolute Gasteiger partial charge is 0.444 e. The second-order valence-corrected chi connectivity index (χ2v) is 9.49. The van der Waals surface area contributed by atoms with E-state index in [4.69, 9.17) is 9.47 Å². The zero-order chi connectivity index (χ0) is 28.0. The summed E-state index contributed by atoms with van der Waals surface area (Å²) >= 11 is 0. The highest BCUT2D eigenvalue weighted by atomic mass is 16.6. The molecule has 40 heavy (non-hydrogen) atoms. The maximum atomic E-state index is 12.4. The average Bonchev–Trinajstić information content (AvgIpc) is 2.98. The van der Waals surface area contributed by atoms with Crippen LogP contribution in [0.25, 0.3) is 0 Å². The smallest absolute Gasteiger partial charge is 0.414 e. The lowest BCUT2D eigenvalue weighted by atomic mass is 9.83. The van der Waals surface area contributed by atoms with Gasteiger partial charge < -0.3 is 14.8 Å². The summed E-state index contributed by atoms with van der Waals surface area (Å²) < 4.78 is 10.5. The number of hydrogen-bond donors (Lipinski definition) is 3. The standard InChI is InChI=1S/C31H34N4O5/c36-28-26(27(33-28)19-18-23-11-4-1-5-12-23)17-10-20-32-29(34-30(37)39-21-24-13-6-2-7-14-24)35-31(38)40-22-25-15-8-3-9-16-25/h1-9,11-16,26-27H,10,17-22H2,(H,33,36)(H2,32,34,35,37,38)/t26-,27-/m1/s1. The Labute approximate surface area is 234 Å². The molecule has 1 heterocycles. The Kier molecular flexibility index (Phi) is 10.7. The number of β-lactam (4-membered cyclic amide) rings is 1. The minimum absolute atomic E-state index is 0.0486. The van der Waals surface area contributed by atoms with E-state index in [0.29, 0.717) is 19.4 Å². The summed E-state index contributed by atoms with van der Waals surface area (Å²) in [5, 5.41) is 7.97. The SMILES string of the molecule is O=C(NC(=NCCC[C@H]1C(=O)N[C@@H]1CCc1ccccc1)NC(=O)OCc1ccccc1)OCc1ccccc1. The van der Waals surface area contributed by atoms with Crippen molar-refractivity contribution in [2.45, 2.75) is 44.9 Å². The highest BCUT2D eigenvalue weighted by Crippen LogP contribution is 2.24. The van der Waals surface area contributed by atoms with Crippen molar-refractivity contribution < 1.29 is 23.9 Å². The van der Waals surface area contributed by atoms with Crippen LogP contribution in [0.15, 0.2) is 96.0 Å². The van der Waals surface area contributed by atoms with Gasteiger partial charge in [0.2, 0.25) is 11.9 Å². The molecule has 0 radical (unpaired) electrons. The summed E-state index contributed by atoms with van der Waals surface area (Å²) in [6, 6.07) is 28.8. The third-order valence-electron chi connectivity index (χ3n) is 6.55. The number of hydrogen-bond acceptors (Lipinski definition) is 6. The Morgan fingerprint density at radius 2 is 1.23 bits per heavy atom. The van der Waals surface area contributed by atoms with E-state index < -0.39 is 12.2 Å². The van der Waals surface area contributed by atoms with E-state index in [2.05, 4.69) is 33.1 Å². The number of nitrogens with zero attached hydrogens (tertiary/aromatic N) is 1. The van der Waals surface area contributed by atoms with Crippen LogP contribution in [0.2, 0.25) is 0 Å². The fourth-order valence-electron chi connectivity index (χ4n) is 4.37. The van der Waals surface area contributed by atoms with Crippen molar-refractivity contribution >= 4 is 24.1 Å². The third-order valence-corrected chi connectivity index (χ3v) is 6.55. The highest BCUT2D eigenvalue weighted by Gasteiger charge is 2.37. The molecule has 0 aliphatic carbocycles. The summed E-state index contributed by atoms with van der Waals surface area (Å²) in [5.74, 6) is -0.0998. The van der Waals surface area contributed by atoms with Gasteiger partial charge in [0.25, 0.3) is 0 Å². The first kappa shape index (κ1) is 28.4. The molecule has 2 atom stereocenters. The Morgan fingerprint density at radius 3 is 1.73 bits per heavy atom. The number of aliphatic imine (C=N–C) groups is 1. The van der Waals surface area contributed by atoms with E-state index in [1.165, 1.54) is 5.56 Å². The first-order valence-corrected chi connectivity index (χ1v) is 13.4. The van der Waals surface area contributed by atoms with Gasteiger partial charge >= 0.3 is 12.2 Å². The van der Waals surface area contributed by atoms with Gasteiger partial charge in [-0.05, 0) is 42.4 Å². The first-order valence-electron chi connectivity index (χ1n) is 13.4. The van der Waals surface area contributed by atoms with Crippen molar-refractivity contribution in [2.24, 2.45) is 10.9 Å². The van der Waals surface area contributed by atoms with E-state index in [-0.39, 0.29) is 37.0 Å². The molecular weight excluding hydrogens is 508 g/mol. The minimum atomic E-state index is -0.759. The molecule has 0 unspecified atom stereocenters. The maximum absolute atomic E-state index is 12.4. The van der Waals surface area contributed by atoms with Crippen molar-refractivity contribution in [1.82, 2.24) is 16.0 Å². The fraction of sp³-hybridized carbons (Fsp3) is 0.290. The number of carbonyl (C=O) groups excluding carboxylic acids is 3. The second-order valence-electron chi connectivity index (χ2n) is 9.49. The van der Waals surface area contributed by atoms with Crippen LogP contribution in [0.1, 0.15) is 36.0 Å². The molecule has 0 bridgehead atoms. The molecule has 9 heteroatoms. The van der Waals surface area contributed by atoms with Gasteiger partial charge in [0, 0.05) is 12.6 Å². The van der Waals surface area contributed by atoms with Crippen LogP contribution in [-0.4, -0.2) is 36.6 Å². The van der Waals surface area contributed by atoms with Crippen molar-refractivity contribution in [3.63, 3.8) is 0 Å². The number of guanidine groups is 1. The second kappa shape index (κ2) is 15.1. The molecule has 0 spiro atoms. The molecule has 0 saturated carbocycles. The van der Waals surface area contributed by atoms with E-state index in [1.807, 2.05) is 78.9 Å². The van der Waals surface area contributed by atoms with Crippen molar-refractivity contribution in [2.75, 3.05) is 6.54 Å². The van der Waals surface area contributed by atoms with E-state index in [0.717, 1.165) is 24.0 Å². The molecule has 1 aliphatic heterocycles. The lowest BCUT2D eigenvalue weighted by Gasteiger charge is -2.37. The predicted molar refractivity (Wildman–Crippen MR) is 151 cm³/mol. The number of benzene rings is 3. The summed E-state index contributed by atoms with van der Waals surface area (Å²) in [7, 11) is 0. The zero-order valence-corrected chi connectivity index (χ0v) is 22.3. The van der Waals surface area contributed by atoms with E-state index in [1.54, 1.807) is 0 Å². The molecule has 3 N–H and O–H groups in total. The Morgan fingerprint density at radius 1 is 0.725 bits per heavy atom. The Balaban J connectivity index is 1.27. The molecule has 1 saturated heterocycles. The molecule has 0 aromatic heterocycles. The Hall–Kier alpha value is -4.66. The molecule has 4 rings (SSSR count). The topological polar surface area (TPSA) is 118 Å². The normalized spacial score (nSPS) is 15.7. The first-order chi connectivity index (χ1) is 19.6. The molecule has 208 valence electrons. The monoisotopic (exact) mass is 542 g/mol. The number of amides is 3. The fourth-order valence-corrected chi connectivity index (χ4v) is 4.37. The number of nitrogens with one attached hydrogen (secondary N) is 3. The number of ether oxygens (including phenoxy) is 2. The lowest BCUT2D eigenvalue weighted by Crippen LogP contribution is -2.58. The van der Waals surface area contributed by atoms with E-state index in [9.17, 15) is 14.4 Å². The van der Waals surface area contributed by atoms with E-state index >= 15 is 0 Å². The van der Waals surface area contributed by atoms with Gasteiger partial charge in [-0.1, -0.05) is 91.0 Å². The minimum Gasteiger partial charge on any atom is -0.444 e. The van der Waals surface area contributed by atoms with Crippen molar-refractivity contribution in [3.8, 4) is 0 Å². The zero-order valence-electron chi connectivity index (χ0n) is 22.3.